The number of aliphatic hydroxyl groups excluding tert-OH is 1. The fourth-order valence-corrected chi connectivity index (χ4v) is 12.1. The van der Waals surface area contributed by atoms with Crippen LogP contribution in [0.1, 0.15) is 30.0 Å². The van der Waals surface area contributed by atoms with Gasteiger partial charge in [-0.25, -0.2) is 0 Å². The molecule has 0 saturated carbocycles. The second kappa shape index (κ2) is 16.0. The molecule has 62 heavy (non-hydrogen) atoms. The first-order valence-electron chi connectivity index (χ1n) is 20.7. The van der Waals surface area contributed by atoms with Gasteiger partial charge in [0.2, 0.25) is 5.91 Å². The van der Waals surface area contributed by atoms with Gasteiger partial charge in [0, 0.05) is 40.9 Å². The number of aromatic nitrogens is 4. The van der Waals surface area contributed by atoms with Gasteiger partial charge in [0.1, 0.15) is 0 Å². The molecule has 7 aromatic rings. The van der Waals surface area contributed by atoms with Crippen molar-refractivity contribution in [2.24, 2.45) is 5.92 Å². The normalized spacial score (nSPS) is 19.7. The molecule has 14 heteroatoms. The summed E-state index contributed by atoms with van der Waals surface area (Å²) in [6.07, 6.45) is 2.27. The van der Waals surface area contributed by atoms with Crippen LogP contribution in [-0.2, 0) is 33.0 Å². The highest BCUT2D eigenvalue weighted by Crippen LogP contribution is 2.60. The average molecular weight is 847 g/mol. The number of carbonyl (C=O) groups excluding carboxylic acids is 2. The zero-order valence-corrected chi connectivity index (χ0v) is 35.6. The van der Waals surface area contributed by atoms with Crippen LogP contribution in [0.15, 0.2) is 143 Å². The van der Waals surface area contributed by atoms with Crippen molar-refractivity contribution in [1.29, 1.82) is 0 Å². The van der Waals surface area contributed by atoms with Crippen LogP contribution in [0.25, 0.3) is 32.9 Å². The molecule has 1 saturated heterocycles. The molecule has 9 rings (SSSR count). The van der Waals surface area contributed by atoms with E-state index in [-0.39, 0.29) is 55.6 Å². The smallest absolute Gasteiger partial charge is 0.279 e. The maximum Gasteiger partial charge on any atom is 0.279 e. The molecule has 1 fully saturated rings. The van der Waals surface area contributed by atoms with E-state index in [2.05, 4.69) is 10.2 Å². The molecule has 13 nitrogen and oxygen atoms in total. The van der Waals surface area contributed by atoms with Crippen molar-refractivity contribution in [3.05, 3.63) is 171 Å². The van der Waals surface area contributed by atoms with Crippen molar-refractivity contribution >= 4 is 47.4 Å². The average Bonchev–Trinajstić information content (AvgIpc) is 3.69. The first-order valence-corrected chi connectivity index (χ1v) is 23.7. The van der Waals surface area contributed by atoms with Gasteiger partial charge in [0.15, 0.2) is 13.9 Å². The number of aliphatic hydroxyl groups is 1. The van der Waals surface area contributed by atoms with Gasteiger partial charge < -0.3 is 24.4 Å². The summed E-state index contributed by atoms with van der Waals surface area (Å²) in [5.74, 6) is -1.28. The Balaban J connectivity index is 1.14. The minimum Gasteiger partial charge on any atom is -0.432 e. The van der Waals surface area contributed by atoms with E-state index in [1.807, 2.05) is 85.8 Å². The lowest BCUT2D eigenvalue weighted by Gasteiger charge is -2.32. The Kier molecular flexibility index (Phi) is 10.6. The van der Waals surface area contributed by atoms with Gasteiger partial charge >= 0.3 is 0 Å². The summed E-state index contributed by atoms with van der Waals surface area (Å²) in [5, 5.41) is 21.4. The van der Waals surface area contributed by atoms with E-state index in [1.54, 1.807) is 77.8 Å². The third-order valence-electron chi connectivity index (χ3n) is 12.4. The first-order chi connectivity index (χ1) is 29.9. The second-order valence-electron chi connectivity index (χ2n) is 16.7. The van der Waals surface area contributed by atoms with Crippen molar-refractivity contribution in [3.63, 3.8) is 0 Å². The number of hydrogen-bond donors (Lipinski definition) is 2. The maximum absolute atomic E-state index is 15.5. The van der Waals surface area contributed by atoms with Crippen molar-refractivity contribution in [3.8, 4) is 11.4 Å². The Morgan fingerprint density at radius 2 is 1.37 bits per heavy atom. The van der Waals surface area contributed by atoms with Crippen molar-refractivity contribution in [2.45, 2.75) is 56.8 Å². The predicted molar refractivity (Wildman–Crippen MR) is 239 cm³/mol. The van der Waals surface area contributed by atoms with Crippen molar-refractivity contribution in [1.82, 2.24) is 24.5 Å². The lowest BCUT2D eigenvalue weighted by molar-refractivity contribution is -0.150. The van der Waals surface area contributed by atoms with Crippen molar-refractivity contribution in [2.75, 3.05) is 18.1 Å². The molecule has 5 aromatic carbocycles. The fraction of sp³-hybridized carbons (Fsp3) is 0.250. The number of ether oxygens (including phenoxy) is 1. The standard InChI is InChI=1S/C48H46N6O7Si/c1-31-44(62(2,3)60)42(26-43(56)51(22-23-55)29-32-12-5-4-6-13-32)61-48(31)40-25-37(54-46(58)39-19-10-8-16-35(39)28-50-54)20-21-41(40)52(47(48)59)30-33-14-11-17-36(24-33)53-45(57)38-18-9-7-15-34(38)27-49-53/h4-21,24-25,27-28,31,42,44,55,60H,22-23,26,29-30H2,1-3H3/t31-,42+,44-,48+/m1/s1. The van der Waals surface area contributed by atoms with E-state index >= 15 is 4.79 Å². The number of hydrogen-bond acceptors (Lipinski definition) is 9. The molecule has 0 unspecified atom stereocenters. The molecule has 2 N–H and O–H groups in total. The summed E-state index contributed by atoms with van der Waals surface area (Å²) in [6.45, 7) is 5.69. The third-order valence-corrected chi connectivity index (χ3v) is 14.9. The molecular formula is C48H46N6O7Si. The summed E-state index contributed by atoms with van der Waals surface area (Å²) >= 11 is 0. The predicted octanol–water partition coefficient (Wildman–Crippen LogP) is 5.84. The number of nitrogens with zero attached hydrogens (tertiary/aromatic N) is 6. The van der Waals surface area contributed by atoms with Gasteiger partial charge in [-0.2, -0.15) is 19.6 Å². The Morgan fingerprint density at radius 1 is 0.774 bits per heavy atom. The minimum atomic E-state index is -3.19. The summed E-state index contributed by atoms with van der Waals surface area (Å²) in [4.78, 5) is 72.4. The number of amides is 2. The van der Waals surface area contributed by atoms with Gasteiger partial charge in [-0.3, -0.25) is 19.2 Å². The van der Waals surface area contributed by atoms with Gasteiger partial charge in [-0.05, 0) is 66.7 Å². The van der Waals surface area contributed by atoms with Crippen LogP contribution in [0.2, 0.25) is 18.6 Å². The molecule has 314 valence electrons. The molecule has 2 aliphatic heterocycles. The van der Waals surface area contributed by atoms with E-state index in [9.17, 15) is 24.3 Å². The Labute approximate surface area is 358 Å². The van der Waals surface area contributed by atoms with Gasteiger partial charge in [-0.15, -0.1) is 0 Å². The molecule has 4 heterocycles. The van der Waals surface area contributed by atoms with E-state index in [1.165, 1.54) is 9.36 Å². The van der Waals surface area contributed by atoms with Crippen LogP contribution >= 0.6 is 0 Å². The third kappa shape index (κ3) is 7.04. The number of fused-ring (bicyclic) bond motifs is 4. The highest BCUT2D eigenvalue weighted by atomic mass is 28.4. The molecule has 0 radical (unpaired) electrons. The molecule has 1 spiro atoms. The van der Waals surface area contributed by atoms with Gasteiger partial charge in [0.05, 0.1) is 65.9 Å². The van der Waals surface area contributed by atoms with E-state index in [0.717, 1.165) is 10.9 Å². The lowest BCUT2D eigenvalue weighted by Crippen LogP contribution is -2.46. The number of carbonyl (C=O) groups is 2. The number of rotatable bonds is 11. The monoisotopic (exact) mass is 846 g/mol. The zero-order chi connectivity index (χ0) is 43.3. The molecule has 4 atom stereocenters. The Hall–Kier alpha value is -6.58. The topological polar surface area (TPSA) is 160 Å². The molecule has 0 bridgehead atoms. The maximum atomic E-state index is 15.5. The zero-order valence-electron chi connectivity index (χ0n) is 34.6. The lowest BCUT2D eigenvalue weighted by atomic mass is 9.82. The van der Waals surface area contributed by atoms with Crippen LogP contribution < -0.4 is 16.0 Å². The van der Waals surface area contributed by atoms with E-state index in [0.29, 0.717) is 44.3 Å². The molecule has 2 aliphatic rings. The van der Waals surface area contributed by atoms with Gasteiger partial charge in [0.25, 0.3) is 17.0 Å². The first kappa shape index (κ1) is 40.8. The highest BCUT2D eigenvalue weighted by Gasteiger charge is 2.66. The van der Waals surface area contributed by atoms with Crippen LogP contribution in [0.5, 0.6) is 0 Å². The Morgan fingerprint density at radius 3 is 2.00 bits per heavy atom. The SMILES string of the molecule is C[C@@H]1[C@@H]([Si](C)(C)O)[C@H](CC(=O)N(CCO)Cc2ccccc2)O[C@@]12C(=O)N(Cc1cccc(-n3ncc4ccccc4c3=O)c1)c1ccc(-n3ncc4ccccc4c3=O)cc12. The van der Waals surface area contributed by atoms with E-state index in [4.69, 9.17) is 4.74 Å². The fourth-order valence-electron chi connectivity index (χ4n) is 9.59. The van der Waals surface area contributed by atoms with Crippen LogP contribution in [0.4, 0.5) is 5.69 Å². The van der Waals surface area contributed by atoms with Crippen LogP contribution in [0.3, 0.4) is 0 Å². The summed E-state index contributed by atoms with van der Waals surface area (Å²) in [7, 11) is -3.19. The minimum absolute atomic E-state index is 0.0862. The molecular weight excluding hydrogens is 801 g/mol. The largest absolute Gasteiger partial charge is 0.432 e. The van der Waals surface area contributed by atoms with E-state index < -0.39 is 31.5 Å². The molecule has 2 aromatic heterocycles. The number of anilines is 1. The molecule has 2 amide bonds. The number of benzene rings is 5. The summed E-state index contributed by atoms with van der Waals surface area (Å²) in [5.41, 5.74) is 0.741. The summed E-state index contributed by atoms with van der Waals surface area (Å²) < 4.78 is 9.72. The van der Waals surface area contributed by atoms with Gasteiger partial charge in [-0.1, -0.05) is 85.8 Å². The highest BCUT2D eigenvalue weighted by molar-refractivity contribution is 6.71. The second-order valence-corrected chi connectivity index (χ2v) is 20.7. The Bertz CT molecular complexity index is 2990. The van der Waals surface area contributed by atoms with Crippen molar-refractivity contribution < 1.29 is 24.2 Å². The van der Waals surface area contributed by atoms with Crippen LogP contribution in [-0.4, -0.2) is 73.8 Å². The summed E-state index contributed by atoms with van der Waals surface area (Å²) in [6, 6.07) is 36.5. The van der Waals surface area contributed by atoms with Crippen LogP contribution in [0, 0.1) is 5.92 Å². The molecule has 0 aliphatic carbocycles. The quantitative estimate of drug-likeness (QED) is 0.153.